The second-order valence-electron chi connectivity index (χ2n) is 5.49. The van der Waals surface area contributed by atoms with E-state index in [0.717, 1.165) is 22.8 Å². The lowest BCUT2D eigenvalue weighted by Crippen LogP contribution is -2.23. The van der Waals surface area contributed by atoms with Crippen LogP contribution < -0.4 is 5.73 Å². The lowest BCUT2D eigenvalue weighted by atomic mass is 10.0. The Kier molecular flexibility index (Phi) is 4.66. The van der Waals surface area contributed by atoms with Crippen LogP contribution in [0.5, 0.6) is 0 Å². The molecule has 0 aromatic carbocycles. The minimum atomic E-state index is 0.374. The molecule has 1 saturated heterocycles. The highest BCUT2D eigenvalue weighted by atomic mass is 32.2. The van der Waals surface area contributed by atoms with Crippen molar-refractivity contribution < 1.29 is 0 Å². The first-order chi connectivity index (χ1) is 8.90. The second-order valence-corrected chi connectivity index (χ2v) is 8.48. The number of hydrogen-bond acceptors (Lipinski definition) is 5. The van der Waals surface area contributed by atoms with Crippen LogP contribution in [0.15, 0.2) is 0 Å². The molecule has 2 heterocycles. The van der Waals surface area contributed by atoms with Crippen LogP contribution in [0.4, 0.5) is 5.82 Å². The average Bonchev–Trinajstić information content (AvgIpc) is 2.31. The van der Waals surface area contributed by atoms with E-state index in [0.29, 0.717) is 27.5 Å². The molecular formula is C14H23N3S2. The van der Waals surface area contributed by atoms with Gasteiger partial charge in [-0.25, -0.2) is 9.97 Å². The molecule has 19 heavy (non-hydrogen) atoms. The zero-order chi connectivity index (χ0) is 14.2. The summed E-state index contributed by atoms with van der Waals surface area (Å²) in [5.41, 5.74) is 8.26. The Bertz CT molecular complexity index is 439. The van der Waals surface area contributed by atoms with E-state index in [9.17, 15) is 0 Å². The van der Waals surface area contributed by atoms with Crippen LogP contribution in [-0.2, 0) is 0 Å². The van der Waals surface area contributed by atoms with Gasteiger partial charge in [0.15, 0.2) is 0 Å². The van der Waals surface area contributed by atoms with E-state index in [1.807, 2.05) is 30.4 Å². The van der Waals surface area contributed by atoms with Gasteiger partial charge in [0, 0.05) is 27.5 Å². The molecule has 1 aliphatic heterocycles. The van der Waals surface area contributed by atoms with Crippen LogP contribution in [-0.4, -0.2) is 26.2 Å². The summed E-state index contributed by atoms with van der Waals surface area (Å²) in [6.07, 6.45) is 0. The summed E-state index contributed by atoms with van der Waals surface area (Å²) in [6, 6.07) is 0. The monoisotopic (exact) mass is 297 g/mol. The van der Waals surface area contributed by atoms with Gasteiger partial charge in [-0.1, -0.05) is 27.7 Å². The van der Waals surface area contributed by atoms with Gasteiger partial charge in [-0.2, -0.15) is 11.8 Å². The SMILES string of the molecule is Cc1nc(C2CSC(C)C(C)S2)nc(N)c1C(C)C. The predicted molar refractivity (Wildman–Crippen MR) is 87.0 cm³/mol. The molecule has 1 aromatic rings. The van der Waals surface area contributed by atoms with Crippen molar-refractivity contribution >= 4 is 29.3 Å². The van der Waals surface area contributed by atoms with Crippen LogP contribution in [0.25, 0.3) is 0 Å². The maximum absolute atomic E-state index is 6.12. The van der Waals surface area contributed by atoms with Gasteiger partial charge < -0.3 is 5.73 Å². The molecule has 1 aromatic heterocycles. The highest BCUT2D eigenvalue weighted by molar-refractivity contribution is 8.07. The normalized spacial score (nSPS) is 27.8. The molecule has 0 aliphatic carbocycles. The van der Waals surface area contributed by atoms with Crippen LogP contribution in [0.3, 0.4) is 0 Å². The van der Waals surface area contributed by atoms with Crippen molar-refractivity contribution in [3.63, 3.8) is 0 Å². The summed E-state index contributed by atoms with van der Waals surface area (Å²) < 4.78 is 0. The van der Waals surface area contributed by atoms with Crippen molar-refractivity contribution in [3.8, 4) is 0 Å². The molecular weight excluding hydrogens is 274 g/mol. The number of nitrogens with zero attached hydrogens (tertiary/aromatic N) is 2. The van der Waals surface area contributed by atoms with Gasteiger partial charge in [-0.05, 0) is 12.8 Å². The zero-order valence-electron chi connectivity index (χ0n) is 12.3. The largest absolute Gasteiger partial charge is 0.383 e. The van der Waals surface area contributed by atoms with E-state index in [1.165, 1.54) is 0 Å². The third kappa shape index (κ3) is 3.19. The molecule has 1 aliphatic rings. The number of aryl methyl sites for hydroxylation is 1. The van der Waals surface area contributed by atoms with Crippen molar-refractivity contribution in [1.82, 2.24) is 9.97 Å². The van der Waals surface area contributed by atoms with Crippen LogP contribution >= 0.6 is 23.5 Å². The van der Waals surface area contributed by atoms with E-state index in [4.69, 9.17) is 10.7 Å². The molecule has 3 atom stereocenters. The van der Waals surface area contributed by atoms with Crippen LogP contribution in [0.2, 0.25) is 0 Å². The Morgan fingerprint density at radius 2 is 1.89 bits per heavy atom. The Hall–Kier alpha value is -0.420. The quantitative estimate of drug-likeness (QED) is 0.900. The van der Waals surface area contributed by atoms with Gasteiger partial charge in [0.1, 0.15) is 11.6 Å². The number of anilines is 1. The second kappa shape index (κ2) is 5.92. The van der Waals surface area contributed by atoms with Crippen molar-refractivity contribution in [1.29, 1.82) is 0 Å². The first-order valence-electron chi connectivity index (χ1n) is 6.81. The minimum absolute atomic E-state index is 0.374. The molecule has 0 spiro atoms. The summed E-state index contributed by atoms with van der Waals surface area (Å²) in [6.45, 7) is 10.9. The smallest absolute Gasteiger partial charge is 0.144 e. The molecule has 2 rings (SSSR count). The van der Waals surface area contributed by atoms with Crippen molar-refractivity contribution in [3.05, 3.63) is 17.1 Å². The van der Waals surface area contributed by atoms with Crippen molar-refractivity contribution in [2.24, 2.45) is 0 Å². The Morgan fingerprint density at radius 1 is 1.21 bits per heavy atom. The molecule has 1 fully saturated rings. The average molecular weight is 297 g/mol. The van der Waals surface area contributed by atoms with E-state index < -0.39 is 0 Å². The van der Waals surface area contributed by atoms with E-state index >= 15 is 0 Å². The van der Waals surface area contributed by atoms with Crippen molar-refractivity contribution in [2.45, 2.75) is 56.3 Å². The van der Waals surface area contributed by atoms with Crippen LogP contribution in [0, 0.1) is 6.92 Å². The molecule has 0 saturated carbocycles. The third-order valence-electron chi connectivity index (χ3n) is 3.60. The highest BCUT2D eigenvalue weighted by Gasteiger charge is 2.29. The van der Waals surface area contributed by atoms with Crippen molar-refractivity contribution in [2.75, 3.05) is 11.5 Å². The summed E-state index contributed by atoms with van der Waals surface area (Å²) in [5, 5.41) is 1.71. The fraction of sp³-hybridized carbons (Fsp3) is 0.714. The highest BCUT2D eigenvalue weighted by Crippen LogP contribution is 2.43. The number of nitrogen functional groups attached to an aromatic ring is 1. The van der Waals surface area contributed by atoms with Gasteiger partial charge in [0.2, 0.25) is 0 Å². The number of aromatic nitrogens is 2. The molecule has 0 bridgehead atoms. The lowest BCUT2D eigenvalue weighted by molar-refractivity contribution is 0.802. The fourth-order valence-corrected chi connectivity index (χ4v) is 5.25. The molecule has 106 valence electrons. The Labute approximate surface area is 124 Å². The van der Waals surface area contributed by atoms with Crippen LogP contribution in [0.1, 0.15) is 55.9 Å². The molecule has 2 N–H and O–H groups in total. The maximum Gasteiger partial charge on any atom is 0.144 e. The molecule has 3 nitrogen and oxygen atoms in total. The molecule has 0 amide bonds. The number of nitrogens with two attached hydrogens (primary N) is 1. The zero-order valence-corrected chi connectivity index (χ0v) is 13.9. The number of thioether (sulfide) groups is 2. The fourth-order valence-electron chi connectivity index (χ4n) is 2.40. The standard InChI is InChI=1S/C14H23N3S2/c1-7(2)12-8(3)16-14(17-13(12)15)11-6-18-9(4)10(5)19-11/h7,9-11H,6H2,1-5H3,(H2,15,16,17). The topological polar surface area (TPSA) is 51.8 Å². The maximum atomic E-state index is 6.12. The summed E-state index contributed by atoms with van der Waals surface area (Å²) >= 11 is 3.99. The van der Waals surface area contributed by atoms with Gasteiger partial charge in [0.05, 0.1) is 5.25 Å². The van der Waals surface area contributed by atoms with E-state index in [1.54, 1.807) is 0 Å². The Morgan fingerprint density at radius 3 is 2.42 bits per heavy atom. The summed E-state index contributed by atoms with van der Waals surface area (Å²) in [5.74, 6) is 3.03. The van der Waals surface area contributed by atoms with E-state index in [2.05, 4.69) is 32.7 Å². The van der Waals surface area contributed by atoms with E-state index in [-0.39, 0.29) is 0 Å². The number of hydrogen-bond donors (Lipinski definition) is 1. The molecule has 0 radical (unpaired) electrons. The third-order valence-corrected chi connectivity index (χ3v) is 6.99. The van der Waals surface area contributed by atoms with Gasteiger partial charge in [-0.3, -0.25) is 0 Å². The summed E-state index contributed by atoms with van der Waals surface area (Å²) in [7, 11) is 0. The first kappa shape index (κ1) is 15.0. The van der Waals surface area contributed by atoms with Gasteiger partial charge in [-0.15, -0.1) is 11.8 Å². The van der Waals surface area contributed by atoms with Gasteiger partial charge in [0.25, 0.3) is 0 Å². The van der Waals surface area contributed by atoms with Gasteiger partial charge >= 0.3 is 0 Å². The number of rotatable bonds is 2. The molecule has 5 heteroatoms. The minimum Gasteiger partial charge on any atom is -0.383 e. The predicted octanol–water partition coefficient (Wildman–Crippen LogP) is 3.79. The lowest BCUT2D eigenvalue weighted by Gasteiger charge is -2.30. The Balaban J connectivity index is 2.27. The molecule has 3 unspecified atom stereocenters. The summed E-state index contributed by atoms with van der Waals surface area (Å²) in [4.78, 5) is 9.28. The first-order valence-corrected chi connectivity index (χ1v) is 8.80.